The van der Waals surface area contributed by atoms with Crippen LogP contribution in [0.5, 0.6) is 0 Å². The van der Waals surface area contributed by atoms with E-state index in [2.05, 4.69) is 5.10 Å². The summed E-state index contributed by atoms with van der Waals surface area (Å²) in [6.07, 6.45) is 0. The fourth-order valence-electron chi connectivity index (χ4n) is 2.54. The summed E-state index contributed by atoms with van der Waals surface area (Å²) in [6, 6.07) is 9.60. The maximum Gasteiger partial charge on any atom is 0.358 e. The Morgan fingerprint density at radius 1 is 1.22 bits per heavy atom. The van der Waals surface area contributed by atoms with E-state index in [1.54, 1.807) is 13.0 Å². The summed E-state index contributed by atoms with van der Waals surface area (Å²) >= 11 is 6.18. The molecule has 0 saturated carbocycles. The molecular weight excluding hydrogens is 397 g/mol. The second-order valence-corrected chi connectivity index (χ2v) is 7.69. The number of primary sulfonamides is 1. The quantitative estimate of drug-likeness (QED) is 0.687. The molecule has 7 nitrogen and oxygen atoms in total. The Labute approximate surface area is 158 Å². The minimum absolute atomic E-state index is 0.0370. The van der Waals surface area contributed by atoms with Gasteiger partial charge in [0, 0.05) is 5.56 Å². The predicted molar refractivity (Wildman–Crippen MR) is 97.0 cm³/mol. The standard InChI is InChI=1S/C17H13ClFN3O4S/c1-9-2-7-12(13(19)8-9)16-14(18)15(17(23)24)21-22(16)10-3-5-11(6-4-10)27(20,25)26/h2-8H,1H3,(H,23,24)(H2,20,25,26). The molecular formula is C17H13ClFN3O4S. The van der Waals surface area contributed by atoms with Crippen molar-refractivity contribution >= 4 is 27.6 Å². The molecule has 140 valence electrons. The normalized spacial score (nSPS) is 11.6. The highest BCUT2D eigenvalue weighted by Gasteiger charge is 2.25. The largest absolute Gasteiger partial charge is 0.476 e. The Balaban J connectivity index is 2.26. The summed E-state index contributed by atoms with van der Waals surface area (Å²) < 4.78 is 38.4. The Bertz CT molecular complexity index is 1160. The molecule has 1 heterocycles. The Morgan fingerprint density at radius 2 is 1.85 bits per heavy atom. The van der Waals surface area contributed by atoms with Gasteiger partial charge in [-0.2, -0.15) is 5.10 Å². The van der Waals surface area contributed by atoms with Crippen LogP contribution >= 0.6 is 11.6 Å². The summed E-state index contributed by atoms with van der Waals surface area (Å²) in [4.78, 5) is 11.3. The Hall–Kier alpha value is -2.75. The highest BCUT2D eigenvalue weighted by Crippen LogP contribution is 2.35. The number of aromatic nitrogens is 2. The number of aromatic carboxylic acids is 1. The number of carboxylic acids is 1. The highest BCUT2D eigenvalue weighted by molar-refractivity contribution is 7.89. The second kappa shape index (κ2) is 6.76. The molecule has 10 heteroatoms. The highest BCUT2D eigenvalue weighted by atomic mass is 35.5. The van der Waals surface area contributed by atoms with E-state index in [0.717, 1.165) is 4.68 Å². The van der Waals surface area contributed by atoms with E-state index in [0.29, 0.717) is 5.56 Å². The van der Waals surface area contributed by atoms with Crippen molar-refractivity contribution in [2.24, 2.45) is 5.14 Å². The molecule has 0 aliphatic rings. The maximum atomic E-state index is 14.5. The number of nitrogens with zero attached hydrogens (tertiary/aromatic N) is 2. The fraction of sp³-hybridized carbons (Fsp3) is 0.0588. The first-order chi connectivity index (χ1) is 12.6. The Morgan fingerprint density at radius 3 is 2.37 bits per heavy atom. The lowest BCUT2D eigenvalue weighted by Gasteiger charge is -2.10. The van der Waals surface area contributed by atoms with Crippen LogP contribution in [0, 0.1) is 12.7 Å². The van der Waals surface area contributed by atoms with Crippen molar-refractivity contribution in [2.45, 2.75) is 11.8 Å². The van der Waals surface area contributed by atoms with E-state index in [1.165, 1.54) is 36.4 Å². The minimum atomic E-state index is -3.90. The molecule has 0 amide bonds. The summed E-state index contributed by atoms with van der Waals surface area (Å²) in [5.41, 5.74) is 0.597. The lowest BCUT2D eigenvalue weighted by atomic mass is 10.1. The van der Waals surface area contributed by atoms with Crippen LogP contribution in [0.25, 0.3) is 16.9 Å². The van der Waals surface area contributed by atoms with Crippen LogP contribution in [-0.2, 0) is 10.0 Å². The zero-order chi connectivity index (χ0) is 19.9. The molecule has 3 N–H and O–H groups in total. The van der Waals surface area contributed by atoms with Crippen molar-refractivity contribution in [3.63, 3.8) is 0 Å². The van der Waals surface area contributed by atoms with Gasteiger partial charge in [0.15, 0.2) is 5.69 Å². The van der Waals surface area contributed by atoms with Crippen LogP contribution in [0.3, 0.4) is 0 Å². The van der Waals surface area contributed by atoms with Crippen molar-refractivity contribution in [3.05, 3.63) is 64.6 Å². The summed E-state index contributed by atoms with van der Waals surface area (Å²) in [6.45, 7) is 1.71. The van der Waals surface area contributed by atoms with Crippen molar-refractivity contribution in [2.75, 3.05) is 0 Å². The number of aryl methyl sites for hydroxylation is 1. The fourth-order valence-corrected chi connectivity index (χ4v) is 3.36. The molecule has 0 spiro atoms. The first kappa shape index (κ1) is 19.0. The van der Waals surface area contributed by atoms with Gasteiger partial charge in [-0.15, -0.1) is 0 Å². The van der Waals surface area contributed by atoms with E-state index in [-0.39, 0.29) is 26.9 Å². The zero-order valence-corrected chi connectivity index (χ0v) is 15.4. The molecule has 0 atom stereocenters. The number of carbonyl (C=O) groups is 1. The van der Waals surface area contributed by atoms with Gasteiger partial charge in [-0.05, 0) is 48.9 Å². The van der Waals surface area contributed by atoms with Crippen LogP contribution in [0.4, 0.5) is 4.39 Å². The van der Waals surface area contributed by atoms with Crippen LogP contribution in [0.15, 0.2) is 47.4 Å². The Kier molecular flexibility index (Phi) is 4.77. The SMILES string of the molecule is Cc1ccc(-c2c(Cl)c(C(=O)O)nn2-c2ccc(S(N)(=O)=O)cc2)c(F)c1. The summed E-state index contributed by atoms with van der Waals surface area (Å²) in [5, 5.41) is 18.1. The van der Waals surface area contributed by atoms with Gasteiger partial charge in [0.2, 0.25) is 10.0 Å². The number of rotatable bonds is 4. The van der Waals surface area contributed by atoms with Crippen LogP contribution in [0.2, 0.25) is 5.02 Å². The zero-order valence-electron chi connectivity index (χ0n) is 13.8. The van der Waals surface area contributed by atoms with Gasteiger partial charge < -0.3 is 5.11 Å². The average Bonchev–Trinajstić information content (AvgIpc) is 2.92. The maximum absolute atomic E-state index is 14.5. The van der Waals surface area contributed by atoms with Crippen LogP contribution < -0.4 is 5.14 Å². The lowest BCUT2D eigenvalue weighted by molar-refractivity contribution is 0.0690. The number of benzene rings is 2. The van der Waals surface area contributed by atoms with Crippen LogP contribution in [0.1, 0.15) is 16.1 Å². The van der Waals surface area contributed by atoms with Gasteiger partial charge in [0.25, 0.3) is 0 Å². The van der Waals surface area contributed by atoms with Crippen molar-refractivity contribution in [1.82, 2.24) is 9.78 Å². The molecule has 0 aliphatic heterocycles. The second-order valence-electron chi connectivity index (χ2n) is 5.75. The average molecular weight is 410 g/mol. The number of sulfonamides is 1. The number of nitrogens with two attached hydrogens (primary N) is 1. The van der Waals surface area contributed by atoms with Gasteiger partial charge in [-0.3, -0.25) is 0 Å². The number of hydrogen-bond donors (Lipinski definition) is 2. The smallest absolute Gasteiger partial charge is 0.358 e. The molecule has 1 aromatic heterocycles. The molecule has 0 bridgehead atoms. The lowest BCUT2D eigenvalue weighted by Crippen LogP contribution is -2.12. The number of carboxylic acid groups (broad SMARTS) is 1. The van der Waals surface area contributed by atoms with E-state index in [1.807, 2.05) is 0 Å². The summed E-state index contributed by atoms with van der Waals surface area (Å²) in [5.74, 6) is -1.98. The van der Waals surface area contributed by atoms with Gasteiger partial charge in [-0.1, -0.05) is 17.7 Å². The van der Waals surface area contributed by atoms with E-state index in [4.69, 9.17) is 16.7 Å². The van der Waals surface area contributed by atoms with Gasteiger partial charge in [0.05, 0.1) is 16.3 Å². The topological polar surface area (TPSA) is 115 Å². The molecule has 2 aromatic carbocycles. The third kappa shape index (κ3) is 3.57. The number of hydrogen-bond acceptors (Lipinski definition) is 4. The molecule has 0 saturated heterocycles. The van der Waals surface area contributed by atoms with Crippen molar-refractivity contribution < 1.29 is 22.7 Å². The van der Waals surface area contributed by atoms with E-state index >= 15 is 0 Å². The third-order valence-corrected chi connectivity index (χ3v) is 5.11. The van der Waals surface area contributed by atoms with Crippen molar-refractivity contribution in [1.29, 1.82) is 0 Å². The van der Waals surface area contributed by atoms with Gasteiger partial charge >= 0.3 is 5.97 Å². The van der Waals surface area contributed by atoms with E-state index in [9.17, 15) is 22.7 Å². The minimum Gasteiger partial charge on any atom is -0.476 e. The molecule has 27 heavy (non-hydrogen) atoms. The third-order valence-electron chi connectivity index (χ3n) is 3.82. The first-order valence-corrected chi connectivity index (χ1v) is 9.43. The summed E-state index contributed by atoms with van der Waals surface area (Å²) in [7, 11) is -3.90. The molecule has 0 aliphatic carbocycles. The predicted octanol–water partition coefficient (Wildman–Crippen LogP) is 2.99. The first-order valence-electron chi connectivity index (χ1n) is 7.51. The van der Waals surface area contributed by atoms with Gasteiger partial charge in [-0.25, -0.2) is 27.4 Å². The molecule has 3 aromatic rings. The molecule has 0 fully saturated rings. The van der Waals surface area contributed by atoms with Crippen LogP contribution in [-0.4, -0.2) is 29.3 Å². The number of halogens is 2. The molecule has 3 rings (SSSR count). The van der Waals surface area contributed by atoms with E-state index < -0.39 is 27.5 Å². The van der Waals surface area contributed by atoms with Crippen molar-refractivity contribution in [3.8, 4) is 16.9 Å². The molecule has 0 radical (unpaired) electrons. The molecule has 0 unspecified atom stereocenters. The monoisotopic (exact) mass is 409 g/mol. The van der Waals surface area contributed by atoms with Gasteiger partial charge in [0.1, 0.15) is 10.8 Å².